The molecule has 5 aromatic rings. The molecule has 0 saturated carbocycles. The minimum atomic E-state index is -3.00. The van der Waals surface area contributed by atoms with Gasteiger partial charge in [0.25, 0.3) is 0 Å². The number of imidazole rings is 1. The molecule has 0 aliphatic rings. The van der Waals surface area contributed by atoms with E-state index in [0.29, 0.717) is 0 Å². The first-order valence-electron chi connectivity index (χ1n) is 9.74. The van der Waals surface area contributed by atoms with Crippen molar-refractivity contribution >= 4 is 68.9 Å². The molecule has 6 heteroatoms. The van der Waals surface area contributed by atoms with Gasteiger partial charge in [-0.3, -0.25) is 0 Å². The number of fused-ring (bicyclic) bond motifs is 1. The number of nitrogens with zero attached hydrogens (tertiary/aromatic N) is 2. The first-order chi connectivity index (χ1) is 14.1. The minimum absolute atomic E-state index is 0. The fourth-order valence-corrected chi connectivity index (χ4v) is 11.8. The summed E-state index contributed by atoms with van der Waals surface area (Å²) in [5.74, 6) is 1.04. The maximum absolute atomic E-state index is 4.64. The quantitative estimate of drug-likeness (QED) is 0.313. The third kappa shape index (κ3) is 3.23. The molecule has 0 aliphatic carbocycles. The zero-order chi connectivity index (χ0) is 19.9. The van der Waals surface area contributed by atoms with Gasteiger partial charge in [-0.25, -0.2) is 0 Å². The van der Waals surface area contributed by atoms with Crippen LogP contribution in [0.3, 0.4) is 0 Å². The fraction of sp³-hybridized carbons (Fsp3) is 0.0800. The summed E-state index contributed by atoms with van der Waals surface area (Å²) in [6.45, 7) is 1.60. The van der Waals surface area contributed by atoms with E-state index in [4.69, 9.17) is 0 Å². The predicted molar refractivity (Wildman–Crippen MR) is 143 cm³/mol. The van der Waals surface area contributed by atoms with Gasteiger partial charge in [0, 0.05) is 0 Å². The molecular formula is C25H25Cl2N2PS. The van der Waals surface area contributed by atoms with Gasteiger partial charge >= 0.3 is 175 Å². The summed E-state index contributed by atoms with van der Waals surface area (Å²) in [7, 11) is 0. The Labute approximate surface area is 199 Å². The van der Waals surface area contributed by atoms with Gasteiger partial charge in [0.05, 0.1) is 0 Å². The zero-order valence-electron chi connectivity index (χ0n) is 17.4. The molecule has 0 atom stereocenters. The van der Waals surface area contributed by atoms with Crippen LogP contribution in [0.25, 0.3) is 4.83 Å². The van der Waals surface area contributed by atoms with Crippen molar-refractivity contribution in [3.63, 3.8) is 0 Å². The van der Waals surface area contributed by atoms with Crippen molar-refractivity contribution in [2.45, 2.75) is 6.92 Å². The first-order valence-corrected chi connectivity index (χ1v) is 13.3. The first kappa shape index (κ1) is 23.5. The summed E-state index contributed by atoms with van der Waals surface area (Å²) in [4.78, 5) is 5.83. The second-order valence-corrected chi connectivity index (χ2v) is 13.7. The Hall–Kier alpha value is -2.16. The summed E-state index contributed by atoms with van der Waals surface area (Å²) >= 11 is 1.78. The van der Waals surface area contributed by atoms with Crippen molar-refractivity contribution in [1.82, 2.24) is 9.38 Å². The van der Waals surface area contributed by atoms with Crippen molar-refractivity contribution < 1.29 is 0 Å². The average molecular weight is 487 g/mol. The number of rotatable bonds is 4. The van der Waals surface area contributed by atoms with Crippen molar-refractivity contribution in [2.75, 3.05) is 6.66 Å². The maximum atomic E-state index is 4.64. The standard InChI is InChI=1S/C25H23N2PS.2ClH/c1-20-26-18-25-27(20)24(19-29-25)28(2,21-12-6-3-7-13-21,22-14-8-4-9-15-22)23-16-10-5-11-17-23;;/h3-19H,1-2H3;2*1H. The molecule has 0 saturated heterocycles. The largest absolute Gasteiger partial charge is 0.147 e. The van der Waals surface area contributed by atoms with E-state index in [1.54, 1.807) is 11.3 Å². The maximum Gasteiger partial charge on any atom is -0.147 e. The Bertz CT molecular complexity index is 1190. The van der Waals surface area contributed by atoms with E-state index < -0.39 is 6.60 Å². The normalized spacial score (nSPS) is 12.4. The van der Waals surface area contributed by atoms with E-state index >= 15 is 0 Å². The third-order valence-corrected chi connectivity index (χ3v) is 13.5. The predicted octanol–water partition coefficient (Wildman–Crippen LogP) is 5.33. The van der Waals surface area contributed by atoms with E-state index in [0.717, 1.165) is 5.82 Å². The van der Waals surface area contributed by atoms with Crippen LogP contribution in [0.1, 0.15) is 5.82 Å². The Kier molecular flexibility index (Phi) is 6.64. The molecule has 0 aliphatic heterocycles. The Morgan fingerprint density at radius 1 is 0.710 bits per heavy atom. The molecule has 3 aromatic carbocycles. The van der Waals surface area contributed by atoms with Crippen LogP contribution in [0.15, 0.2) is 103 Å². The number of benzene rings is 3. The van der Waals surface area contributed by atoms with E-state index in [1.807, 2.05) is 6.20 Å². The van der Waals surface area contributed by atoms with Crippen LogP contribution >= 0.6 is 42.8 Å². The zero-order valence-corrected chi connectivity index (χ0v) is 20.7. The molecule has 0 unspecified atom stereocenters. The van der Waals surface area contributed by atoms with Crippen LogP contribution < -0.4 is 21.3 Å². The summed E-state index contributed by atoms with van der Waals surface area (Å²) in [5, 5.41) is 6.45. The Balaban J connectivity index is 0.00000136. The van der Waals surface area contributed by atoms with Gasteiger partial charge in [-0.1, -0.05) is 0 Å². The van der Waals surface area contributed by atoms with Gasteiger partial charge in [0.15, 0.2) is 0 Å². The monoisotopic (exact) mass is 486 g/mol. The van der Waals surface area contributed by atoms with Crippen LogP contribution in [0, 0.1) is 6.92 Å². The summed E-state index contributed by atoms with van der Waals surface area (Å²) < 4.78 is 2.37. The summed E-state index contributed by atoms with van der Waals surface area (Å²) in [6.07, 6.45) is 1.99. The minimum Gasteiger partial charge on any atom is -0.147 e. The number of thiazole rings is 1. The van der Waals surface area contributed by atoms with Crippen LogP contribution in [0.4, 0.5) is 0 Å². The molecule has 2 aromatic heterocycles. The Morgan fingerprint density at radius 3 is 1.55 bits per heavy atom. The van der Waals surface area contributed by atoms with Crippen LogP contribution in [-0.2, 0) is 0 Å². The number of halogens is 2. The van der Waals surface area contributed by atoms with Crippen molar-refractivity contribution in [3.8, 4) is 0 Å². The summed E-state index contributed by atoms with van der Waals surface area (Å²) in [5.41, 5.74) is 1.34. The van der Waals surface area contributed by atoms with Crippen molar-refractivity contribution in [1.29, 1.82) is 0 Å². The smallest absolute Gasteiger partial charge is 0.147 e. The fourth-order valence-electron chi connectivity index (χ4n) is 4.58. The van der Waals surface area contributed by atoms with Gasteiger partial charge in [0.2, 0.25) is 0 Å². The molecule has 0 N–H and O–H groups in total. The molecule has 2 heterocycles. The van der Waals surface area contributed by atoms with Crippen molar-refractivity contribution in [2.24, 2.45) is 0 Å². The van der Waals surface area contributed by atoms with Gasteiger partial charge in [-0.05, 0) is 0 Å². The van der Waals surface area contributed by atoms with E-state index in [1.165, 1.54) is 26.2 Å². The molecule has 0 fully saturated rings. The number of hydrogen-bond donors (Lipinski definition) is 0. The molecular weight excluding hydrogens is 462 g/mol. The summed E-state index contributed by atoms with van der Waals surface area (Å²) in [6, 6.07) is 33.1. The molecule has 160 valence electrons. The van der Waals surface area contributed by atoms with Crippen LogP contribution in [-0.4, -0.2) is 16.0 Å². The number of aryl methyl sites for hydroxylation is 1. The molecule has 2 nitrogen and oxygen atoms in total. The van der Waals surface area contributed by atoms with E-state index in [-0.39, 0.29) is 24.8 Å². The second-order valence-electron chi connectivity index (χ2n) is 7.64. The van der Waals surface area contributed by atoms with Crippen LogP contribution in [0.2, 0.25) is 0 Å². The van der Waals surface area contributed by atoms with E-state index in [9.17, 15) is 0 Å². The number of hydrogen-bond acceptors (Lipinski definition) is 2. The third-order valence-electron chi connectivity index (χ3n) is 6.20. The van der Waals surface area contributed by atoms with Gasteiger partial charge in [-0.15, -0.1) is 24.8 Å². The SMILES string of the molecule is Cc1ncc2scc(P(C)(c3ccccc3)(c3ccccc3)c3ccccc3)n12.Cl.Cl. The molecule has 5 rings (SSSR count). The second kappa shape index (κ2) is 8.76. The molecule has 0 bridgehead atoms. The van der Waals surface area contributed by atoms with E-state index in [2.05, 4.69) is 119 Å². The number of aromatic nitrogens is 2. The topological polar surface area (TPSA) is 17.3 Å². The molecule has 0 amide bonds. The molecule has 31 heavy (non-hydrogen) atoms. The van der Waals surface area contributed by atoms with Crippen molar-refractivity contribution in [3.05, 3.63) is 108 Å². The van der Waals surface area contributed by atoms with Gasteiger partial charge in [0.1, 0.15) is 0 Å². The Morgan fingerprint density at radius 2 is 1.13 bits per heavy atom. The van der Waals surface area contributed by atoms with Gasteiger partial charge in [-0.2, -0.15) is 0 Å². The molecule has 0 spiro atoms. The van der Waals surface area contributed by atoms with Gasteiger partial charge < -0.3 is 0 Å². The molecule has 0 radical (unpaired) electrons. The van der Waals surface area contributed by atoms with Crippen LogP contribution in [0.5, 0.6) is 0 Å². The average Bonchev–Trinajstić information content (AvgIpc) is 3.39.